The predicted molar refractivity (Wildman–Crippen MR) is 92.5 cm³/mol. The topological polar surface area (TPSA) is 129 Å². The fourth-order valence-corrected chi connectivity index (χ4v) is 2.52. The molecule has 1 amide bonds. The van der Waals surface area contributed by atoms with Crippen molar-refractivity contribution in [2.75, 3.05) is 44.6 Å². The van der Waals surface area contributed by atoms with E-state index >= 15 is 0 Å². The highest BCUT2D eigenvalue weighted by molar-refractivity contribution is 6.06. The smallest absolute Gasteiger partial charge is 0.271 e. The van der Waals surface area contributed by atoms with Gasteiger partial charge in [-0.15, -0.1) is 0 Å². The third-order valence-electron chi connectivity index (χ3n) is 3.84. The molecule has 1 saturated heterocycles. The SMILES string of the molecule is N#C/C(=C/N1CCN(CCN)CC1)C(=O)Nc1cccc([N+](=O)[O-])c1. The lowest BCUT2D eigenvalue weighted by atomic mass is 10.2. The summed E-state index contributed by atoms with van der Waals surface area (Å²) in [6.07, 6.45) is 1.53. The number of benzene rings is 1. The van der Waals surface area contributed by atoms with Crippen LogP contribution in [0.1, 0.15) is 0 Å². The van der Waals surface area contributed by atoms with Gasteiger partial charge in [-0.1, -0.05) is 6.07 Å². The normalized spacial score (nSPS) is 15.5. The first-order valence-corrected chi connectivity index (χ1v) is 7.87. The quantitative estimate of drug-likeness (QED) is 0.333. The van der Waals surface area contributed by atoms with Crippen molar-refractivity contribution >= 4 is 17.3 Å². The van der Waals surface area contributed by atoms with Gasteiger partial charge in [-0.2, -0.15) is 5.26 Å². The molecule has 1 aromatic rings. The average molecular weight is 344 g/mol. The molecule has 0 aliphatic carbocycles. The van der Waals surface area contributed by atoms with Gasteiger partial charge < -0.3 is 16.0 Å². The summed E-state index contributed by atoms with van der Waals surface area (Å²) in [6, 6.07) is 7.47. The largest absolute Gasteiger partial charge is 0.374 e. The van der Waals surface area contributed by atoms with Crippen LogP contribution in [0.15, 0.2) is 36.0 Å². The van der Waals surface area contributed by atoms with Crippen molar-refractivity contribution in [2.24, 2.45) is 5.73 Å². The van der Waals surface area contributed by atoms with E-state index in [0.29, 0.717) is 19.6 Å². The summed E-state index contributed by atoms with van der Waals surface area (Å²) in [5.74, 6) is -0.590. The van der Waals surface area contributed by atoms with Crippen molar-refractivity contribution in [3.8, 4) is 6.07 Å². The van der Waals surface area contributed by atoms with Gasteiger partial charge in [0.15, 0.2) is 0 Å². The number of rotatable bonds is 6. The molecule has 0 unspecified atom stereocenters. The van der Waals surface area contributed by atoms with E-state index < -0.39 is 10.8 Å². The number of non-ortho nitro benzene ring substituents is 1. The van der Waals surface area contributed by atoms with Crippen LogP contribution in [0, 0.1) is 21.4 Å². The summed E-state index contributed by atoms with van der Waals surface area (Å²) in [5.41, 5.74) is 5.63. The summed E-state index contributed by atoms with van der Waals surface area (Å²) < 4.78 is 0. The second kappa shape index (κ2) is 8.77. The molecule has 0 aromatic heterocycles. The number of nitrogens with one attached hydrogen (secondary N) is 1. The molecule has 9 heteroatoms. The number of nitrogens with zero attached hydrogens (tertiary/aromatic N) is 4. The Kier molecular flexibility index (Phi) is 6.45. The summed E-state index contributed by atoms with van der Waals surface area (Å²) >= 11 is 0. The number of anilines is 1. The first kappa shape index (κ1) is 18.4. The van der Waals surface area contributed by atoms with Gasteiger partial charge in [0.25, 0.3) is 11.6 Å². The van der Waals surface area contributed by atoms with Crippen LogP contribution < -0.4 is 11.1 Å². The molecule has 2 rings (SSSR count). The Morgan fingerprint density at radius 1 is 1.40 bits per heavy atom. The Morgan fingerprint density at radius 3 is 2.72 bits per heavy atom. The molecular formula is C16H20N6O3. The Morgan fingerprint density at radius 2 is 2.12 bits per heavy atom. The second-order valence-electron chi connectivity index (χ2n) is 5.58. The fourth-order valence-electron chi connectivity index (χ4n) is 2.52. The molecule has 0 spiro atoms. The number of piperazine rings is 1. The molecule has 9 nitrogen and oxygen atoms in total. The summed E-state index contributed by atoms with van der Waals surface area (Å²) in [5, 5.41) is 22.5. The van der Waals surface area contributed by atoms with Gasteiger partial charge in [0.1, 0.15) is 11.6 Å². The molecule has 1 aliphatic heterocycles. The van der Waals surface area contributed by atoms with Crippen molar-refractivity contribution in [3.63, 3.8) is 0 Å². The van der Waals surface area contributed by atoms with E-state index in [0.717, 1.165) is 19.6 Å². The number of hydrogen-bond acceptors (Lipinski definition) is 7. The van der Waals surface area contributed by atoms with Gasteiger partial charge in [0.2, 0.25) is 0 Å². The molecule has 132 valence electrons. The molecule has 0 saturated carbocycles. The number of hydrogen-bond donors (Lipinski definition) is 2. The molecule has 1 aromatic carbocycles. The van der Waals surface area contributed by atoms with Crippen molar-refractivity contribution in [1.82, 2.24) is 9.80 Å². The first-order chi connectivity index (χ1) is 12.0. The maximum Gasteiger partial charge on any atom is 0.271 e. The lowest BCUT2D eigenvalue weighted by Gasteiger charge is -2.33. The van der Waals surface area contributed by atoms with Crippen LogP contribution in [0.2, 0.25) is 0 Å². The highest BCUT2D eigenvalue weighted by Gasteiger charge is 2.17. The molecule has 25 heavy (non-hydrogen) atoms. The number of amides is 1. The number of nitriles is 1. The van der Waals surface area contributed by atoms with Crippen LogP contribution in [0.5, 0.6) is 0 Å². The van der Waals surface area contributed by atoms with Gasteiger partial charge >= 0.3 is 0 Å². The molecule has 1 fully saturated rings. The zero-order valence-electron chi connectivity index (χ0n) is 13.7. The zero-order chi connectivity index (χ0) is 18.2. The number of nitrogens with two attached hydrogens (primary N) is 1. The molecule has 1 heterocycles. The van der Waals surface area contributed by atoms with Crippen molar-refractivity contribution in [3.05, 3.63) is 46.2 Å². The van der Waals surface area contributed by atoms with Crippen LogP contribution in [0.4, 0.5) is 11.4 Å². The number of nitro benzene ring substituents is 1. The fraction of sp³-hybridized carbons (Fsp3) is 0.375. The number of nitro groups is 1. The molecule has 3 N–H and O–H groups in total. The maximum atomic E-state index is 12.2. The van der Waals surface area contributed by atoms with Crippen molar-refractivity contribution in [2.45, 2.75) is 0 Å². The van der Waals surface area contributed by atoms with E-state index in [2.05, 4.69) is 10.2 Å². The summed E-state index contributed by atoms with van der Waals surface area (Å²) in [4.78, 5) is 26.6. The van der Waals surface area contributed by atoms with Crippen LogP contribution in [0.3, 0.4) is 0 Å². The lowest BCUT2D eigenvalue weighted by molar-refractivity contribution is -0.384. The predicted octanol–water partition coefficient (Wildman–Crippen LogP) is 0.517. The zero-order valence-corrected chi connectivity index (χ0v) is 13.7. The van der Waals surface area contributed by atoms with E-state index in [1.165, 1.54) is 30.5 Å². The Hall–Kier alpha value is -2.96. The first-order valence-electron chi connectivity index (χ1n) is 7.87. The van der Waals surface area contributed by atoms with Crippen LogP contribution in [0.25, 0.3) is 0 Å². The minimum Gasteiger partial charge on any atom is -0.374 e. The Labute approximate surface area is 145 Å². The van der Waals surface area contributed by atoms with Gasteiger partial charge in [0, 0.05) is 63.3 Å². The summed E-state index contributed by atoms with van der Waals surface area (Å²) in [7, 11) is 0. The van der Waals surface area contributed by atoms with Crippen LogP contribution in [-0.2, 0) is 4.79 Å². The molecule has 0 radical (unpaired) electrons. The Balaban J connectivity index is 2.00. The number of carbonyl (C=O) groups is 1. The minimum atomic E-state index is -0.590. The van der Waals surface area contributed by atoms with Crippen molar-refractivity contribution < 1.29 is 9.72 Å². The highest BCUT2D eigenvalue weighted by atomic mass is 16.6. The molecule has 0 atom stereocenters. The minimum absolute atomic E-state index is 0.0428. The van der Waals surface area contributed by atoms with Gasteiger partial charge in [-0.25, -0.2) is 0 Å². The van der Waals surface area contributed by atoms with E-state index in [1.807, 2.05) is 11.0 Å². The van der Waals surface area contributed by atoms with Crippen molar-refractivity contribution in [1.29, 1.82) is 5.26 Å². The third-order valence-corrected chi connectivity index (χ3v) is 3.84. The van der Waals surface area contributed by atoms with Gasteiger partial charge in [0.05, 0.1) is 4.92 Å². The second-order valence-corrected chi connectivity index (χ2v) is 5.58. The lowest BCUT2D eigenvalue weighted by Crippen LogP contribution is -2.45. The standard InChI is InChI=1S/C16H20N6O3/c17-4-5-20-6-8-21(9-7-20)12-13(11-18)16(23)19-14-2-1-3-15(10-14)22(24)25/h1-3,10,12H,4-9,17H2,(H,19,23)/b13-12-. The van der Waals surface area contributed by atoms with E-state index in [-0.39, 0.29) is 16.9 Å². The van der Waals surface area contributed by atoms with Crippen LogP contribution >= 0.6 is 0 Å². The molecular weight excluding hydrogens is 324 g/mol. The van der Waals surface area contributed by atoms with E-state index in [9.17, 15) is 20.2 Å². The monoisotopic (exact) mass is 344 g/mol. The Bertz CT molecular complexity index is 704. The van der Waals surface area contributed by atoms with Gasteiger partial charge in [-0.05, 0) is 6.07 Å². The molecule has 1 aliphatic rings. The van der Waals surface area contributed by atoms with E-state index in [1.54, 1.807) is 0 Å². The average Bonchev–Trinajstić information content (AvgIpc) is 2.61. The van der Waals surface area contributed by atoms with E-state index in [4.69, 9.17) is 5.73 Å². The number of carbonyl (C=O) groups excluding carboxylic acids is 1. The summed E-state index contributed by atoms with van der Waals surface area (Å²) in [6.45, 7) is 4.48. The highest BCUT2D eigenvalue weighted by Crippen LogP contribution is 2.17. The van der Waals surface area contributed by atoms with Crippen LogP contribution in [-0.4, -0.2) is 59.9 Å². The maximum absolute atomic E-state index is 12.2. The molecule has 0 bridgehead atoms. The van der Waals surface area contributed by atoms with Gasteiger partial charge in [-0.3, -0.25) is 19.8 Å². The third kappa shape index (κ3) is 5.27.